The van der Waals surface area contributed by atoms with Gasteiger partial charge in [0.15, 0.2) is 0 Å². The van der Waals surface area contributed by atoms with E-state index < -0.39 is 0 Å². The van der Waals surface area contributed by atoms with Crippen LogP contribution in [0.3, 0.4) is 0 Å². The minimum Gasteiger partial charge on any atom is -0.383 e. The number of nitrogens with zero attached hydrogens (tertiary/aromatic N) is 2. The van der Waals surface area contributed by atoms with Crippen LogP contribution < -0.4 is 5.32 Å². The summed E-state index contributed by atoms with van der Waals surface area (Å²) in [6.45, 7) is 5.22. The van der Waals surface area contributed by atoms with E-state index in [-0.39, 0.29) is 5.41 Å². The molecule has 0 unspecified atom stereocenters. The average molecular weight is 357 g/mol. The lowest BCUT2D eigenvalue weighted by molar-refractivity contribution is 0.327. The van der Waals surface area contributed by atoms with Crippen molar-refractivity contribution in [3.05, 3.63) is 29.0 Å². The molecule has 0 aliphatic rings. The molecule has 0 saturated heterocycles. The molecule has 5 heteroatoms. The number of nitrogens with one attached hydrogen (secondary N) is 1. The van der Waals surface area contributed by atoms with Crippen LogP contribution in [0.4, 0.5) is 5.69 Å². The number of halogens is 2. The fourth-order valence-electron chi connectivity index (χ4n) is 2.17. The van der Waals surface area contributed by atoms with E-state index in [1.165, 1.54) is 0 Å². The van der Waals surface area contributed by atoms with Crippen LogP contribution in [0.25, 0.3) is 11.0 Å². The Balaban J connectivity index is 2.26. The van der Waals surface area contributed by atoms with Gasteiger partial charge in [-0.05, 0) is 40.9 Å². The SMILES string of the molecule is CCC(CC)(CCl)CNc1ccnc2cc(Br)cnc12. The highest BCUT2D eigenvalue weighted by molar-refractivity contribution is 9.10. The molecule has 2 aromatic heterocycles. The largest absolute Gasteiger partial charge is 0.383 e. The van der Waals surface area contributed by atoms with Crippen molar-refractivity contribution in [1.82, 2.24) is 9.97 Å². The highest BCUT2D eigenvalue weighted by Crippen LogP contribution is 2.29. The highest BCUT2D eigenvalue weighted by Gasteiger charge is 2.25. The summed E-state index contributed by atoms with van der Waals surface area (Å²) < 4.78 is 0.937. The lowest BCUT2D eigenvalue weighted by Crippen LogP contribution is -2.30. The maximum atomic E-state index is 6.16. The third-order valence-corrected chi connectivity index (χ3v) is 4.98. The molecule has 0 aliphatic heterocycles. The molecule has 0 radical (unpaired) electrons. The molecule has 0 saturated carbocycles. The van der Waals surface area contributed by atoms with Crippen LogP contribution in [-0.2, 0) is 0 Å². The van der Waals surface area contributed by atoms with Gasteiger partial charge in [-0.25, -0.2) is 0 Å². The first kappa shape index (κ1) is 15.5. The van der Waals surface area contributed by atoms with Crippen LogP contribution in [0.15, 0.2) is 29.0 Å². The summed E-state index contributed by atoms with van der Waals surface area (Å²) >= 11 is 9.58. The summed E-state index contributed by atoms with van der Waals surface area (Å²) in [6.07, 6.45) is 5.71. The van der Waals surface area contributed by atoms with Gasteiger partial charge in [0.25, 0.3) is 0 Å². The van der Waals surface area contributed by atoms with Crippen molar-refractivity contribution in [2.45, 2.75) is 26.7 Å². The molecule has 0 bridgehead atoms. The lowest BCUT2D eigenvalue weighted by atomic mass is 9.84. The summed E-state index contributed by atoms with van der Waals surface area (Å²) in [5.74, 6) is 0.662. The first-order valence-corrected chi connectivity index (χ1v) is 8.17. The van der Waals surface area contributed by atoms with Crippen molar-refractivity contribution >= 4 is 44.3 Å². The molecule has 20 heavy (non-hydrogen) atoms. The lowest BCUT2D eigenvalue weighted by Gasteiger charge is -2.30. The van der Waals surface area contributed by atoms with E-state index in [9.17, 15) is 0 Å². The maximum absolute atomic E-state index is 6.16. The zero-order valence-corrected chi connectivity index (χ0v) is 14.1. The quantitative estimate of drug-likeness (QED) is 0.752. The molecule has 0 fully saturated rings. The van der Waals surface area contributed by atoms with Gasteiger partial charge in [0.05, 0.1) is 11.2 Å². The van der Waals surface area contributed by atoms with Gasteiger partial charge in [0.2, 0.25) is 0 Å². The Bertz CT molecular complexity index is 576. The van der Waals surface area contributed by atoms with Crippen LogP contribution >= 0.6 is 27.5 Å². The fraction of sp³-hybridized carbons (Fsp3) is 0.467. The normalized spacial score (nSPS) is 11.8. The predicted octanol–water partition coefficient (Wildman–Crippen LogP) is 4.85. The molecular weight excluding hydrogens is 338 g/mol. The van der Waals surface area contributed by atoms with Crippen molar-refractivity contribution in [2.24, 2.45) is 5.41 Å². The molecule has 0 atom stereocenters. The topological polar surface area (TPSA) is 37.8 Å². The van der Waals surface area contributed by atoms with Crippen molar-refractivity contribution in [2.75, 3.05) is 17.7 Å². The van der Waals surface area contributed by atoms with E-state index in [1.807, 2.05) is 12.1 Å². The summed E-state index contributed by atoms with van der Waals surface area (Å²) in [7, 11) is 0. The molecular formula is C15H19BrClN3. The van der Waals surface area contributed by atoms with Gasteiger partial charge in [0, 0.05) is 34.7 Å². The second kappa shape index (κ2) is 6.72. The van der Waals surface area contributed by atoms with Crippen LogP contribution in [0.1, 0.15) is 26.7 Å². The Morgan fingerprint density at radius 1 is 1.30 bits per heavy atom. The second-order valence-electron chi connectivity index (χ2n) is 5.07. The number of rotatable bonds is 6. The third-order valence-electron chi connectivity index (χ3n) is 3.98. The molecule has 1 N–H and O–H groups in total. The van der Waals surface area contributed by atoms with E-state index >= 15 is 0 Å². The number of aromatic nitrogens is 2. The van der Waals surface area contributed by atoms with Crippen molar-refractivity contribution < 1.29 is 0 Å². The van der Waals surface area contributed by atoms with E-state index in [2.05, 4.69) is 45.1 Å². The molecule has 108 valence electrons. The zero-order valence-electron chi connectivity index (χ0n) is 11.8. The van der Waals surface area contributed by atoms with Gasteiger partial charge in [0.1, 0.15) is 5.52 Å². The van der Waals surface area contributed by atoms with Crippen molar-refractivity contribution in [1.29, 1.82) is 0 Å². The Kier molecular flexibility index (Phi) is 5.22. The van der Waals surface area contributed by atoms with Crippen LogP contribution in [-0.4, -0.2) is 22.4 Å². The highest BCUT2D eigenvalue weighted by atomic mass is 79.9. The number of alkyl halides is 1. The number of hydrogen-bond acceptors (Lipinski definition) is 3. The van der Waals surface area contributed by atoms with E-state index in [0.717, 1.165) is 40.6 Å². The molecule has 0 spiro atoms. The molecule has 3 nitrogen and oxygen atoms in total. The second-order valence-corrected chi connectivity index (χ2v) is 6.26. The van der Waals surface area contributed by atoms with Crippen LogP contribution in [0.5, 0.6) is 0 Å². The summed E-state index contributed by atoms with van der Waals surface area (Å²) in [6, 6.07) is 3.94. The predicted molar refractivity (Wildman–Crippen MR) is 89.5 cm³/mol. The van der Waals surface area contributed by atoms with Gasteiger partial charge < -0.3 is 5.32 Å². The first-order valence-electron chi connectivity index (χ1n) is 6.84. The van der Waals surface area contributed by atoms with Gasteiger partial charge in [-0.1, -0.05) is 13.8 Å². The fourth-order valence-corrected chi connectivity index (χ4v) is 2.96. The van der Waals surface area contributed by atoms with E-state index in [1.54, 1.807) is 12.4 Å². The van der Waals surface area contributed by atoms with Gasteiger partial charge >= 0.3 is 0 Å². The number of hydrogen-bond donors (Lipinski definition) is 1. The van der Waals surface area contributed by atoms with Gasteiger partial charge in [-0.15, -0.1) is 11.6 Å². The van der Waals surface area contributed by atoms with E-state index in [4.69, 9.17) is 11.6 Å². The van der Waals surface area contributed by atoms with Crippen LogP contribution in [0.2, 0.25) is 0 Å². The van der Waals surface area contributed by atoms with Crippen LogP contribution in [0, 0.1) is 5.41 Å². The van der Waals surface area contributed by atoms with Gasteiger partial charge in [-0.3, -0.25) is 9.97 Å². The zero-order chi connectivity index (χ0) is 14.6. The monoisotopic (exact) mass is 355 g/mol. The van der Waals surface area contributed by atoms with E-state index in [0.29, 0.717) is 5.88 Å². The van der Waals surface area contributed by atoms with Gasteiger partial charge in [-0.2, -0.15) is 0 Å². The molecule has 0 amide bonds. The third kappa shape index (κ3) is 3.23. The number of anilines is 1. The average Bonchev–Trinajstić information content (AvgIpc) is 2.49. The summed E-state index contributed by atoms with van der Waals surface area (Å²) in [5.41, 5.74) is 2.92. The smallest absolute Gasteiger partial charge is 0.112 e. The minimum absolute atomic E-state index is 0.131. The number of pyridine rings is 2. The Labute approximate surface area is 133 Å². The Hall–Kier alpha value is -0.870. The Morgan fingerprint density at radius 3 is 2.70 bits per heavy atom. The maximum Gasteiger partial charge on any atom is 0.112 e. The molecule has 2 aromatic rings. The molecule has 2 heterocycles. The standard InChI is InChI=1S/C15H19BrClN3/c1-3-15(4-2,9-17)10-20-12-5-6-18-13-7-11(16)8-19-14(12)13/h5-8H,3-4,9-10H2,1-2H3,(H,18,20). The first-order chi connectivity index (χ1) is 9.64. The molecule has 0 aromatic carbocycles. The number of fused-ring (bicyclic) bond motifs is 1. The van der Waals surface area contributed by atoms with Crippen molar-refractivity contribution in [3.63, 3.8) is 0 Å². The summed E-state index contributed by atoms with van der Waals surface area (Å²) in [5, 5.41) is 3.50. The molecule has 2 rings (SSSR count). The molecule has 0 aliphatic carbocycles. The van der Waals surface area contributed by atoms with Crippen molar-refractivity contribution in [3.8, 4) is 0 Å². The summed E-state index contributed by atoms with van der Waals surface area (Å²) in [4.78, 5) is 8.80. The minimum atomic E-state index is 0.131. The Morgan fingerprint density at radius 2 is 2.05 bits per heavy atom.